The van der Waals surface area contributed by atoms with Crippen LogP contribution in [0.4, 0.5) is 5.69 Å². The number of benzene rings is 1. The second-order valence-electron chi connectivity index (χ2n) is 8.11. The lowest BCUT2D eigenvalue weighted by atomic mass is 9.74. The van der Waals surface area contributed by atoms with E-state index in [0.29, 0.717) is 16.0 Å². The topological polar surface area (TPSA) is 63.6 Å². The molecule has 1 atom stereocenters. The standard InChI is InChI=1S/C19H28BClN2O3/c1-12-10-14(23-15-8-6-7-9-24-15)13(11-22)16(17(12)21)20-25-18(2,3)19(4,5)26-20/h10-11,15,22-23H,6-9H2,1-5H3. The van der Waals surface area contributed by atoms with Gasteiger partial charge in [0.2, 0.25) is 0 Å². The van der Waals surface area contributed by atoms with Gasteiger partial charge in [-0.25, -0.2) is 0 Å². The van der Waals surface area contributed by atoms with Crippen molar-refractivity contribution in [2.45, 2.75) is 71.3 Å². The van der Waals surface area contributed by atoms with Gasteiger partial charge in [-0.3, -0.25) is 0 Å². The zero-order valence-electron chi connectivity index (χ0n) is 16.2. The van der Waals surface area contributed by atoms with E-state index in [-0.39, 0.29) is 6.23 Å². The van der Waals surface area contributed by atoms with Gasteiger partial charge in [0.1, 0.15) is 6.23 Å². The van der Waals surface area contributed by atoms with E-state index in [2.05, 4.69) is 5.32 Å². The molecule has 7 heteroatoms. The molecule has 26 heavy (non-hydrogen) atoms. The molecule has 2 heterocycles. The number of ether oxygens (including phenoxy) is 1. The molecule has 2 aliphatic rings. The van der Waals surface area contributed by atoms with Gasteiger partial charge in [0.15, 0.2) is 0 Å². The molecule has 2 N–H and O–H groups in total. The Morgan fingerprint density at radius 3 is 2.42 bits per heavy atom. The molecule has 3 rings (SSSR count). The molecule has 0 aliphatic carbocycles. The molecule has 2 aliphatic heterocycles. The smallest absolute Gasteiger partial charge is 0.399 e. The summed E-state index contributed by atoms with van der Waals surface area (Å²) in [7, 11) is -0.614. The third-order valence-corrected chi connectivity index (χ3v) is 6.16. The number of rotatable bonds is 4. The maximum Gasteiger partial charge on any atom is 0.497 e. The fraction of sp³-hybridized carbons (Fsp3) is 0.632. The Morgan fingerprint density at radius 2 is 1.88 bits per heavy atom. The molecule has 0 amide bonds. The number of anilines is 1. The Labute approximate surface area is 161 Å². The monoisotopic (exact) mass is 378 g/mol. The van der Waals surface area contributed by atoms with Gasteiger partial charge < -0.3 is 24.8 Å². The average Bonchev–Trinajstić information content (AvgIpc) is 2.79. The molecule has 1 aromatic rings. The van der Waals surface area contributed by atoms with Crippen LogP contribution in [0, 0.1) is 12.3 Å². The van der Waals surface area contributed by atoms with E-state index in [1.807, 2.05) is 40.7 Å². The molecular formula is C19H28BClN2O3. The molecule has 0 spiro atoms. The lowest BCUT2D eigenvalue weighted by molar-refractivity contribution is 0.00578. The van der Waals surface area contributed by atoms with Crippen molar-refractivity contribution in [3.63, 3.8) is 0 Å². The third kappa shape index (κ3) is 3.52. The Balaban J connectivity index is 2.00. The first-order valence-electron chi connectivity index (χ1n) is 9.23. The summed E-state index contributed by atoms with van der Waals surface area (Å²) in [4.78, 5) is 0. The van der Waals surface area contributed by atoms with Gasteiger partial charge in [0.25, 0.3) is 0 Å². The van der Waals surface area contributed by atoms with Gasteiger partial charge in [0.05, 0.1) is 11.2 Å². The first kappa shape index (κ1) is 19.7. The molecule has 0 bridgehead atoms. The number of halogens is 1. The Hall–Kier alpha value is -1.08. The number of hydrogen-bond donors (Lipinski definition) is 2. The van der Waals surface area contributed by atoms with Crippen molar-refractivity contribution >= 4 is 36.1 Å². The van der Waals surface area contributed by atoms with Crippen molar-refractivity contribution in [1.82, 2.24) is 0 Å². The van der Waals surface area contributed by atoms with Gasteiger partial charge in [-0.1, -0.05) is 11.6 Å². The summed E-state index contributed by atoms with van der Waals surface area (Å²) in [5.74, 6) is 0. The zero-order chi connectivity index (χ0) is 19.1. The van der Waals surface area contributed by atoms with E-state index >= 15 is 0 Å². The first-order valence-corrected chi connectivity index (χ1v) is 9.61. The Morgan fingerprint density at radius 1 is 1.23 bits per heavy atom. The average molecular weight is 379 g/mol. The summed E-state index contributed by atoms with van der Waals surface area (Å²) < 4.78 is 18.2. The van der Waals surface area contributed by atoms with E-state index in [0.717, 1.165) is 37.1 Å². The van der Waals surface area contributed by atoms with Crippen molar-refractivity contribution in [2.24, 2.45) is 0 Å². The van der Waals surface area contributed by atoms with Gasteiger partial charge in [-0.05, 0) is 65.5 Å². The van der Waals surface area contributed by atoms with Crippen LogP contribution in [0.3, 0.4) is 0 Å². The van der Waals surface area contributed by atoms with Gasteiger partial charge >= 0.3 is 7.12 Å². The lowest BCUT2D eigenvalue weighted by Crippen LogP contribution is -2.41. The molecule has 5 nitrogen and oxygen atoms in total. The van der Waals surface area contributed by atoms with E-state index in [4.69, 9.17) is 31.1 Å². The van der Waals surface area contributed by atoms with Crippen molar-refractivity contribution in [1.29, 1.82) is 5.41 Å². The second-order valence-corrected chi connectivity index (χ2v) is 8.49. The minimum atomic E-state index is -0.614. The summed E-state index contributed by atoms with van der Waals surface area (Å²) in [6.07, 6.45) is 4.44. The molecular weight excluding hydrogens is 350 g/mol. The summed E-state index contributed by atoms with van der Waals surface area (Å²) >= 11 is 6.64. The van der Waals surface area contributed by atoms with Crippen LogP contribution in [0.1, 0.15) is 58.1 Å². The highest BCUT2D eigenvalue weighted by Gasteiger charge is 2.53. The molecule has 0 radical (unpaired) electrons. The number of nitrogens with one attached hydrogen (secondary N) is 2. The summed E-state index contributed by atoms with van der Waals surface area (Å²) in [6.45, 7) is 10.8. The molecule has 0 saturated carbocycles. The molecule has 1 unspecified atom stereocenters. The molecule has 2 fully saturated rings. The van der Waals surface area contributed by atoms with Crippen LogP contribution in [0.25, 0.3) is 0 Å². The lowest BCUT2D eigenvalue weighted by Gasteiger charge is -2.32. The molecule has 142 valence electrons. The minimum absolute atomic E-state index is 0.0471. The first-order chi connectivity index (χ1) is 12.2. The minimum Gasteiger partial charge on any atom is -0.399 e. The largest absolute Gasteiger partial charge is 0.497 e. The maximum atomic E-state index is 8.00. The van der Waals surface area contributed by atoms with Crippen LogP contribution in [0.15, 0.2) is 6.07 Å². The van der Waals surface area contributed by atoms with Crippen LogP contribution < -0.4 is 10.8 Å². The van der Waals surface area contributed by atoms with Gasteiger partial charge in [-0.15, -0.1) is 0 Å². The van der Waals surface area contributed by atoms with Gasteiger partial charge in [-0.2, -0.15) is 0 Å². The van der Waals surface area contributed by atoms with Crippen molar-refractivity contribution in [2.75, 3.05) is 11.9 Å². The van der Waals surface area contributed by atoms with Crippen LogP contribution in [-0.2, 0) is 14.0 Å². The van der Waals surface area contributed by atoms with Crippen LogP contribution in [0.5, 0.6) is 0 Å². The third-order valence-electron chi connectivity index (χ3n) is 5.65. The number of hydrogen-bond acceptors (Lipinski definition) is 5. The Bertz CT molecular complexity index is 687. The summed E-state index contributed by atoms with van der Waals surface area (Å²) in [6, 6.07) is 1.97. The van der Waals surface area contributed by atoms with Crippen molar-refractivity contribution in [3.8, 4) is 0 Å². The highest BCUT2D eigenvalue weighted by molar-refractivity contribution is 6.67. The molecule has 0 aromatic heterocycles. The SMILES string of the molecule is Cc1cc(NC2CCCCO2)c(C=N)c(B2OC(C)(C)C(C)(C)O2)c1Cl. The summed E-state index contributed by atoms with van der Waals surface area (Å²) in [5, 5.41) is 12.0. The predicted molar refractivity (Wildman–Crippen MR) is 107 cm³/mol. The van der Waals surface area contributed by atoms with Gasteiger partial charge in [0, 0.05) is 34.6 Å². The predicted octanol–water partition coefficient (Wildman–Crippen LogP) is 3.88. The van der Waals surface area contributed by atoms with E-state index in [9.17, 15) is 0 Å². The van der Waals surface area contributed by atoms with E-state index < -0.39 is 18.3 Å². The highest BCUT2D eigenvalue weighted by atomic mass is 35.5. The van der Waals surface area contributed by atoms with Crippen LogP contribution in [0.2, 0.25) is 5.02 Å². The summed E-state index contributed by atoms with van der Waals surface area (Å²) in [5.41, 5.74) is 2.21. The molecule has 1 aromatic carbocycles. The van der Waals surface area contributed by atoms with Crippen LogP contribution in [-0.4, -0.2) is 37.4 Å². The quantitative estimate of drug-likeness (QED) is 0.616. The normalized spacial score (nSPS) is 24.5. The molecule has 2 saturated heterocycles. The Kier molecular flexibility index (Phi) is 5.41. The highest BCUT2D eigenvalue weighted by Crippen LogP contribution is 2.38. The van der Waals surface area contributed by atoms with Crippen molar-refractivity contribution < 1.29 is 14.0 Å². The maximum absolute atomic E-state index is 8.00. The van der Waals surface area contributed by atoms with Crippen LogP contribution >= 0.6 is 11.6 Å². The second kappa shape index (κ2) is 7.15. The number of aryl methyl sites for hydroxylation is 1. The van der Waals surface area contributed by atoms with E-state index in [1.54, 1.807) is 0 Å². The zero-order valence-corrected chi connectivity index (χ0v) is 17.0. The van der Waals surface area contributed by atoms with Crippen molar-refractivity contribution in [3.05, 3.63) is 22.2 Å². The fourth-order valence-electron chi connectivity index (χ4n) is 3.33. The fourth-order valence-corrected chi connectivity index (χ4v) is 3.57. The van der Waals surface area contributed by atoms with E-state index in [1.165, 1.54) is 6.21 Å².